The largest absolute Gasteiger partial charge is 0.573 e. The van der Waals surface area contributed by atoms with Crippen molar-refractivity contribution in [1.82, 2.24) is 0 Å². The van der Waals surface area contributed by atoms with E-state index in [1.807, 2.05) is 36.4 Å². The molecule has 0 fully saturated rings. The molecule has 0 heterocycles. The molecule has 204 valence electrons. The quantitative estimate of drug-likeness (QED) is 0.154. The van der Waals surface area contributed by atoms with E-state index in [1.165, 1.54) is 24.3 Å². The summed E-state index contributed by atoms with van der Waals surface area (Å²) in [7, 11) is 0. The van der Waals surface area contributed by atoms with Crippen LogP contribution in [0.5, 0.6) is 5.75 Å². The number of hydrogen-bond acceptors (Lipinski definition) is 1. The predicted octanol–water partition coefficient (Wildman–Crippen LogP) is 11.2. The second kappa shape index (κ2) is 10.0. The molecule has 7 aromatic rings. The number of ether oxygens (including phenoxy) is 1. The second-order valence-corrected chi connectivity index (χ2v) is 10.2. The molecular formula is C37H22F4O. The van der Waals surface area contributed by atoms with Gasteiger partial charge in [0.2, 0.25) is 0 Å². The molecule has 42 heavy (non-hydrogen) atoms. The van der Waals surface area contributed by atoms with Crippen LogP contribution < -0.4 is 4.74 Å². The summed E-state index contributed by atoms with van der Waals surface area (Å²) in [4.78, 5) is 0. The maximum Gasteiger partial charge on any atom is 0.573 e. The van der Waals surface area contributed by atoms with E-state index in [0.29, 0.717) is 0 Å². The van der Waals surface area contributed by atoms with Gasteiger partial charge in [0, 0.05) is 0 Å². The van der Waals surface area contributed by atoms with Crippen molar-refractivity contribution in [2.45, 2.75) is 6.36 Å². The van der Waals surface area contributed by atoms with Gasteiger partial charge in [0.05, 0.1) is 0 Å². The normalized spacial score (nSPS) is 11.8. The lowest BCUT2D eigenvalue weighted by Crippen LogP contribution is -2.16. The lowest BCUT2D eigenvalue weighted by Gasteiger charge is -2.19. The molecule has 0 aromatic heterocycles. The van der Waals surface area contributed by atoms with Gasteiger partial charge in [-0.1, -0.05) is 97.1 Å². The van der Waals surface area contributed by atoms with Crippen molar-refractivity contribution in [2.24, 2.45) is 0 Å². The van der Waals surface area contributed by atoms with E-state index >= 15 is 0 Å². The first kappa shape index (κ1) is 25.8. The highest BCUT2D eigenvalue weighted by molar-refractivity contribution is 6.22. The number of fused-ring (bicyclic) bond motifs is 3. The van der Waals surface area contributed by atoms with Gasteiger partial charge in [-0.05, 0) is 102 Å². The van der Waals surface area contributed by atoms with Crippen LogP contribution in [0.1, 0.15) is 0 Å². The molecule has 0 spiro atoms. The average Bonchev–Trinajstić information content (AvgIpc) is 2.99. The van der Waals surface area contributed by atoms with Crippen LogP contribution in [-0.2, 0) is 0 Å². The zero-order chi connectivity index (χ0) is 28.8. The molecule has 5 heteroatoms. The third-order valence-corrected chi connectivity index (χ3v) is 7.62. The Bertz CT molecular complexity index is 2090. The molecule has 7 aromatic carbocycles. The van der Waals surface area contributed by atoms with E-state index in [-0.39, 0.29) is 11.6 Å². The Balaban J connectivity index is 1.54. The van der Waals surface area contributed by atoms with Crippen molar-refractivity contribution in [3.8, 4) is 39.1 Å². The number of alkyl halides is 3. The highest BCUT2D eigenvalue weighted by Gasteiger charge is 2.31. The van der Waals surface area contributed by atoms with E-state index in [2.05, 4.69) is 53.3 Å². The number of halogens is 4. The topological polar surface area (TPSA) is 9.23 Å². The smallest absolute Gasteiger partial charge is 0.406 e. The third-order valence-electron chi connectivity index (χ3n) is 7.62. The van der Waals surface area contributed by atoms with Gasteiger partial charge in [-0.15, -0.1) is 13.2 Å². The minimum Gasteiger partial charge on any atom is -0.406 e. The fourth-order valence-electron chi connectivity index (χ4n) is 5.79. The van der Waals surface area contributed by atoms with Crippen molar-refractivity contribution in [2.75, 3.05) is 0 Å². The first-order valence-electron chi connectivity index (χ1n) is 13.4. The number of hydrogen-bond donors (Lipinski definition) is 0. The van der Waals surface area contributed by atoms with Crippen LogP contribution in [-0.4, -0.2) is 6.36 Å². The molecule has 0 radical (unpaired) electrons. The third kappa shape index (κ3) is 4.73. The summed E-state index contributed by atoms with van der Waals surface area (Å²) in [5.41, 5.74) is 5.54. The summed E-state index contributed by atoms with van der Waals surface area (Å²) in [5.74, 6) is -0.592. The summed E-state index contributed by atoms with van der Waals surface area (Å²) in [6, 6.07) is 41.2. The van der Waals surface area contributed by atoms with Crippen LogP contribution in [0.4, 0.5) is 17.6 Å². The SMILES string of the molecule is Fc1ccc(-c2ccc3c(-c4ccc5ccccc5c4)c4ccccc4c(-c4ccc(OC(F)(F)F)cc4)c3c2)cc1. The summed E-state index contributed by atoms with van der Waals surface area (Å²) in [6.07, 6.45) is -4.77. The highest BCUT2D eigenvalue weighted by atomic mass is 19.4. The van der Waals surface area contributed by atoms with Gasteiger partial charge in [0.25, 0.3) is 0 Å². The molecule has 0 bridgehead atoms. The maximum absolute atomic E-state index is 13.7. The van der Waals surface area contributed by atoms with Crippen LogP contribution in [0.25, 0.3) is 65.7 Å². The van der Waals surface area contributed by atoms with Gasteiger partial charge in [-0.25, -0.2) is 4.39 Å². The van der Waals surface area contributed by atoms with E-state index in [1.54, 1.807) is 24.3 Å². The van der Waals surface area contributed by atoms with Crippen LogP contribution >= 0.6 is 0 Å². The summed E-state index contributed by atoms with van der Waals surface area (Å²) >= 11 is 0. The molecule has 7 rings (SSSR count). The van der Waals surface area contributed by atoms with Gasteiger partial charge in [0.1, 0.15) is 11.6 Å². The zero-order valence-corrected chi connectivity index (χ0v) is 22.1. The molecular weight excluding hydrogens is 536 g/mol. The number of rotatable bonds is 4. The van der Waals surface area contributed by atoms with Crippen molar-refractivity contribution >= 4 is 32.3 Å². The van der Waals surface area contributed by atoms with Crippen molar-refractivity contribution in [3.63, 3.8) is 0 Å². The van der Waals surface area contributed by atoms with E-state index in [4.69, 9.17) is 0 Å². The molecule has 0 amide bonds. The van der Waals surface area contributed by atoms with Crippen LogP contribution in [0, 0.1) is 5.82 Å². The lowest BCUT2D eigenvalue weighted by atomic mass is 9.84. The molecule has 0 saturated carbocycles. The summed E-state index contributed by atoms with van der Waals surface area (Å²) in [6.45, 7) is 0. The Kier molecular flexibility index (Phi) is 6.16. The molecule has 0 aliphatic carbocycles. The van der Waals surface area contributed by atoms with Crippen LogP contribution in [0.15, 0.2) is 133 Å². The Morgan fingerprint density at radius 2 is 0.976 bits per heavy atom. The fraction of sp³-hybridized carbons (Fsp3) is 0.0270. The fourth-order valence-corrected chi connectivity index (χ4v) is 5.79. The lowest BCUT2D eigenvalue weighted by molar-refractivity contribution is -0.274. The number of benzene rings is 7. The van der Waals surface area contributed by atoms with Gasteiger partial charge < -0.3 is 4.74 Å². The summed E-state index contributed by atoms with van der Waals surface area (Å²) in [5, 5.41) is 6.20. The Labute approximate surface area is 239 Å². The molecule has 0 atom stereocenters. The molecule has 1 nitrogen and oxygen atoms in total. The van der Waals surface area contributed by atoms with Gasteiger partial charge in [-0.3, -0.25) is 0 Å². The zero-order valence-electron chi connectivity index (χ0n) is 22.1. The monoisotopic (exact) mass is 558 g/mol. The molecule has 0 aliphatic rings. The minimum atomic E-state index is -4.77. The van der Waals surface area contributed by atoms with Crippen LogP contribution in [0.2, 0.25) is 0 Å². The van der Waals surface area contributed by atoms with Crippen molar-refractivity contribution in [1.29, 1.82) is 0 Å². The van der Waals surface area contributed by atoms with Gasteiger partial charge in [0.15, 0.2) is 0 Å². The predicted molar refractivity (Wildman–Crippen MR) is 162 cm³/mol. The van der Waals surface area contributed by atoms with Gasteiger partial charge >= 0.3 is 6.36 Å². The highest BCUT2D eigenvalue weighted by Crippen LogP contribution is 2.45. The summed E-state index contributed by atoms with van der Waals surface area (Å²) < 4.78 is 56.5. The first-order chi connectivity index (χ1) is 20.3. The minimum absolute atomic E-state index is 0.278. The second-order valence-electron chi connectivity index (χ2n) is 10.2. The molecule has 0 N–H and O–H groups in total. The van der Waals surface area contributed by atoms with Gasteiger partial charge in [-0.2, -0.15) is 0 Å². The van der Waals surface area contributed by atoms with E-state index in [9.17, 15) is 17.6 Å². The molecule has 0 aliphatic heterocycles. The Hall–Kier alpha value is -5.16. The first-order valence-corrected chi connectivity index (χ1v) is 13.4. The van der Waals surface area contributed by atoms with E-state index in [0.717, 1.165) is 65.7 Å². The molecule has 0 saturated heterocycles. The van der Waals surface area contributed by atoms with Crippen molar-refractivity contribution < 1.29 is 22.3 Å². The average molecular weight is 559 g/mol. The Morgan fingerprint density at radius 3 is 1.67 bits per heavy atom. The van der Waals surface area contributed by atoms with Crippen LogP contribution in [0.3, 0.4) is 0 Å². The maximum atomic E-state index is 13.7. The Morgan fingerprint density at radius 1 is 0.429 bits per heavy atom. The molecule has 0 unspecified atom stereocenters. The van der Waals surface area contributed by atoms with E-state index < -0.39 is 6.36 Å². The van der Waals surface area contributed by atoms with Crippen molar-refractivity contribution in [3.05, 3.63) is 139 Å². The standard InChI is InChI=1S/C37H22F4O/c38-29-16-11-24(12-17-29)27-15-20-33-34(22-27)35(25-13-18-30(19-14-25)42-37(39,40)41)31-7-3-4-8-32(31)36(33)28-10-9-23-5-1-2-6-26(23)21-28/h1-22H.